The quantitative estimate of drug-likeness (QED) is 0.739. The number of nitrogens with zero attached hydrogens (tertiary/aromatic N) is 1. The number of likely N-dealkylation sites (N-methyl/N-ethyl adjacent to an activating group) is 1. The summed E-state index contributed by atoms with van der Waals surface area (Å²) in [4.78, 5) is 36.3. The van der Waals surface area contributed by atoms with Crippen LogP contribution in [0.25, 0.3) is 0 Å². The van der Waals surface area contributed by atoms with Crippen molar-refractivity contribution < 1.29 is 14.4 Å². The molecule has 0 heterocycles. The first kappa shape index (κ1) is 17.7. The molecule has 0 saturated carbocycles. The first-order valence-electron chi connectivity index (χ1n) is 7.31. The average Bonchev–Trinajstić information content (AvgIpc) is 2.50. The van der Waals surface area contributed by atoms with Gasteiger partial charge in [-0.2, -0.15) is 0 Å². The molecule has 1 aromatic carbocycles. The Balaban J connectivity index is 2.48. The lowest BCUT2D eigenvalue weighted by Crippen LogP contribution is -2.41. The molecule has 3 amide bonds. The van der Waals surface area contributed by atoms with Gasteiger partial charge in [0.25, 0.3) is 0 Å². The number of rotatable bonds is 8. The predicted molar refractivity (Wildman–Crippen MR) is 83.5 cm³/mol. The van der Waals surface area contributed by atoms with Crippen LogP contribution in [0.4, 0.5) is 0 Å². The van der Waals surface area contributed by atoms with Crippen LogP contribution in [-0.4, -0.2) is 35.7 Å². The Morgan fingerprint density at radius 2 is 1.86 bits per heavy atom. The second-order valence-electron chi connectivity index (χ2n) is 5.18. The molecule has 1 rings (SSSR count). The first-order chi connectivity index (χ1) is 10.4. The van der Waals surface area contributed by atoms with Crippen LogP contribution in [0.5, 0.6) is 0 Å². The number of nitrogens with two attached hydrogens (primary N) is 1. The summed E-state index contributed by atoms with van der Waals surface area (Å²) in [5.41, 5.74) is 6.08. The zero-order valence-electron chi connectivity index (χ0n) is 13.0. The smallest absolute Gasteiger partial charge is 0.242 e. The van der Waals surface area contributed by atoms with E-state index in [9.17, 15) is 14.4 Å². The van der Waals surface area contributed by atoms with Gasteiger partial charge in [-0.3, -0.25) is 14.4 Å². The summed E-state index contributed by atoms with van der Waals surface area (Å²) in [5.74, 6) is -1.57. The molecule has 0 aliphatic heterocycles. The van der Waals surface area contributed by atoms with Gasteiger partial charge in [0.1, 0.15) is 0 Å². The molecular formula is C16H23N3O3. The van der Waals surface area contributed by atoms with Crippen LogP contribution >= 0.6 is 0 Å². The van der Waals surface area contributed by atoms with Gasteiger partial charge >= 0.3 is 0 Å². The summed E-state index contributed by atoms with van der Waals surface area (Å²) in [6.07, 6.45) is -0.0263. The van der Waals surface area contributed by atoms with E-state index < -0.39 is 11.8 Å². The number of carbonyl (C=O) groups excluding carboxylic acids is 3. The molecule has 0 fully saturated rings. The molecule has 0 spiro atoms. The highest BCUT2D eigenvalue weighted by atomic mass is 16.2. The highest BCUT2D eigenvalue weighted by molar-refractivity contribution is 5.88. The lowest BCUT2D eigenvalue weighted by atomic mass is 10.1. The molecule has 1 atom stereocenters. The minimum Gasteiger partial charge on any atom is -0.370 e. The van der Waals surface area contributed by atoms with E-state index in [0.29, 0.717) is 13.1 Å². The SMILES string of the molecule is CCN(Cc1ccccc1)C(=O)CNC(=O)[C@@H](C)CC(N)=O. The third-order valence-corrected chi connectivity index (χ3v) is 3.32. The molecule has 0 aliphatic rings. The topological polar surface area (TPSA) is 92.5 Å². The Hall–Kier alpha value is -2.37. The second-order valence-corrected chi connectivity index (χ2v) is 5.18. The molecule has 6 nitrogen and oxygen atoms in total. The molecule has 0 unspecified atom stereocenters. The van der Waals surface area contributed by atoms with Crippen LogP contribution in [0, 0.1) is 5.92 Å². The number of hydrogen-bond acceptors (Lipinski definition) is 3. The molecule has 0 radical (unpaired) electrons. The van der Waals surface area contributed by atoms with E-state index in [1.807, 2.05) is 37.3 Å². The van der Waals surface area contributed by atoms with Crippen molar-refractivity contribution in [2.24, 2.45) is 11.7 Å². The Bertz CT molecular complexity index is 517. The lowest BCUT2D eigenvalue weighted by molar-refractivity contribution is -0.134. The molecule has 22 heavy (non-hydrogen) atoms. The van der Waals surface area contributed by atoms with Crippen molar-refractivity contribution >= 4 is 17.7 Å². The van der Waals surface area contributed by atoms with E-state index in [-0.39, 0.29) is 24.8 Å². The maximum Gasteiger partial charge on any atom is 0.242 e. The van der Waals surface area contributed by atoms with Gasteiger partial charge in [-0.25, -0.2) is 0 Å². The van der Waals surface area contributed by atoms with Crippen LogP contribution in [0.3, 0.4) is 0 Å². The van der Waals surface area contributed by atoms with E-state index in [1.54, 1.807) is 11.8 Å². The molecule has 120 valence electrons. The highest BCUT2D eigenvalue weighted by Gasteiger charge is 2.18. The number of hydrogen-bond donors (Lipinski definition) is 2. The zero-order chi connectivity index (χ0) is 16.5. The van der Waals surface area contributed by atoms with Crippen LogP contribution in [0.15, 0.2) is 30.3 Å². The first-order valence-corrected chi connectivity index (χ1v) is 7.31. The maximum absolute atomic E-state index is 12.1. The number of amides is 3. The lowest BCUT2D eigenvalue weighted by Gasteiger charge is -2.21. The largest absolute Gasteiger partial charge is 0.370 e. The average molecular weight is 305 g/mol. The van der Waals surface area contributed by atoms with Crippen molar-refractivity contribution in [1.29, 1.82) is 0 Å². The van der Waals surface area contributed by atoms with E-state index in [1.165, 1.54) is 0 Å². The zero-order valence-corrected chi connectivity index (χ0v) is 13.0. The standard InChI is InChI=1S/C16H23N3O3/c1-3-19(11-13-7-5-4-6-8-13)15(21)10-18-16(22)12(2)9-14(17)20/h4-8,12H,3,9-11H2,1-2H3,(H2,17,20)(H,18,22)/t12-/m0/s1. The Morgan fingerprint density at radius 3 is 2.41 bits per heavy atom. The molecule has 0 aliphatic carbocycles. The van der Waals surface area contributed by atoms with Gasteiger partial charge < -0.3 is 16.0 Å². The number of nitrogens with one attached hydrogen (secondary N) is 1. The molecule has 3 N–H and O–H groups in total. The van der Waals surface area contributed by atoms with Gasteiger partial charge in [0.2, 0.25) is 17.7 Å². The highest BCUT2D eigenvalue weighted by Crippen LogP contribution is 2.05. The van der Waals surface area contributed by atoms with Gasteiger partial charge in [-0.15, -0.1) is 0 Å². The fourth-order valence-electron chi connectivity index (χ4n) is 2.02. The van der Waals surface area contributed by atoms with Gasteiger partial charge in [0.05, 0.1) is 6.54 Å². The van der Waals surface area contributed by atoms with Crippen molar-refractivity contribution in [3.63, 3.8) is 0 Å². The summed E-state index contributed by atoms with van der Waals surface area (Å²) in [7, 11) is 0. The molecule has 0 bridgehead atoms. The minimum atomic E-state index is -0.534. The molecule has 0 saturated heterocycles. The van der Waals surface area contributed by atoms with Gasteiger partial charge in [0, 0.05) is 25.4 Å². The van der Waals surface area contributed by atoms with Gasteiger partial charge in [-0.05, 0) is 12.5 Å². The summed E-state index contributed by atoms with van der Waals surface area (Å²) in [6.45, 7) is 4.47. The Kier molecular flexibility index (Phi) is 7.08. The van der Waals surface area contributed by atoms with Crippen molar-refractivity contribution in [2.75, 3.05) is 13.1 Å². The summed E-state index contributed by atoms with van der Waals surface area (Å²) >= 11 is 0. The number of primary amides is 1. The normalized spacial score (nSPS) is 11.5. The van der Waals surface area contributed by atoms with Crippen LogP contribution in [0.2, 0.25) is 0 Å². The van der Waals surface area contributed by atoms with Crippen molar-refractivity contribution in [3.05, 3.63) is 35.9 Å². The summed E-state index contributed by atoms with van der Waals surface area (Å²) in [5, 5.41) is 2.55. The molecular weight excluding hydrogens is 282 g/mol. The van der Waals surface area contributed by atoms with Crippen molar-refractivity contribution in [3.8, 4) is 0 Å². The minimum absolute atomic E-state index is 0.0263. The molecule has 1 aromatic rings. The van der Waals surface area contributed by atoms with Crippen molar-refractivity contribution in [1.82, 2.24) is 10.2 Å². The van der Waals surface area contributed by atoms with Crippen molar-refractivity contribution in [2.45, 2.75) is 26.8 Å². The number of benzene rings is 1. The fraction of sp³-hybridized carbons (Fsp3) is 0.438. The third kappa shape index (κ3) is 5.95. The van der Waals surface area contributed by atoms with Gasteiger partial charge in [0.15, 0.2) is 0 Å². The monoisotopic (exact) mass is 305 g/mol. The van der Waals surface area contributed by atoms with E-state index in [4.69, 9.17) is 5.73 Å². The maximum atomic E-state index is 12.1. The fourth-order valence-corrected chi connectivity index (χ4v) is 2.02. The summed E-state index contributed by atoms with van der Waals surface area (Å²) < 4.78 is 0. The third-order valence-electron chi connectivity index (χ3n) is 3.32. The molecule has 6 heteroatoms. The van der Waals surface area contributed by atoms with Gasteiger partial charge in [-0.1, -0.05) is 37.3 Å². The second kappa shape index (κ2) is 8.81. The van der Waals surface area contributed by atoms with E-state index in [0.717, 1.165) is 5.56 Å². The Labute approximate surface area is 130 Å². The van der Waals surface area contributed by atoms with Crippen LogP contribution in [-0.2, 0) is 20.9 Å². The predicted octanol–water partition coefficient (Wildman–Crippen LogP) is 0.663. The van der Waals surface area contributed by atoms with Crippen LogP contribution in [0.1, 0.15) is 25.8 Å². The van der Waals surface area contributed by atoms with E-state index >= 15 is 0 Å². The van der Waals surface area contributed by atoms with Crippen LogP contribution < -0.4 is 11.1 Å². The van der Waals surface area contributed by atoms with E-state index in [2.05, 4.69) is 5.32 Å². The molecule has 0 aromatic heterocycles. The summed E-state index contributed by atoms with van der Waals surface area (Å²) in [6, 6.07) is 9.65. The number of carbonyl (C=O) groups is 3. The Morgan fingerprint density at radius 1 is 1.23 bits per heavy atom.